The minimum absolute atomic E-state index is 0.539. The van der Waals surface area contributed by atoms with Gasteiger partial charge in [-0.25, -0.2) is 0 Å². The molecule has 1 nitrogen and oxygen atoms in total. The van der Waals surface area contributed by atoms with Crippen LogP contribution in [0.4, 0.5) is 0 Å². The zero-order valence-electron chi connectivity index (χ0n) is 12.7. The molecule has 0 saturated heterocycles. The normalized spacial score (nSPS) is 24.6. The fourth-order valence-corrected chi connectivity index (χ4v) is 4.14. The van der Waals surface area contributed by atoms with Gasteiger partial charge in [-0.1, -0.05) is 55.5 Å². The van der Waals surface area contributed by atoms with Crippen LogP contribution in [0.1, 0.15) is 54.0 Å². The van der Waals surface area contributed by atoms with E-state index in [1.165, 1.54) is 42.4 Å². The van der Waals surface area contributed by atoms with Crippen LogP contribution in [0.3, 0.4) is 0 Å². The van der Waals surface area contributed by atoms with Gasteiger partial charge in [0.05, 0.1) is 0 Å². The molecule has 0 fully saturated rings. The standard InChI is InChI=1S/C20H23N/c1-14-10-11-20(19-9-5-4-8-18(14)19)21-17-12-15-6-2-3-7-16(15)13-17/h2-9,14,17,20-21H,10-13H2,1H3. The maximum absolute atomic E-state index is 3.94. The van der Waals surface area contributed by atoms with Crippen molar-refractivity contribution >= 4 is 0 Å². The predicted octanol–water partition coefficient (Wildman–Crippen LogP) is 4.38. The van der Waals surface area contributed by atoms with E-state index in [1.807, 2.05) is 0 Å². The molecule has 2 atom stereocenters. The second kappa shape index (κ2) is 5.31. The molecular formula is C20H23N. The number of hydrogen-bond donors (Lipinski definition) is 1. The average Bonchev–Trinajstić information content (AvgIpc) is 2.93. The van der Waals surface area contributed by atoms with Crippen LogP contribution in [0.2, 0.25) is 0 Å². The Bertz CT molecular complexity index is 621. The lowest BCUT2D eigenvalue weighted by Gasteiger charge is -2.32. The Morgan fingerprint density at radius 1 is 0.810 bits per heavy atom. The molecule has 0 spiro atoms. The second-order valence-electron chi connectivity index (χ2n) is 6.70. The fraction of sp³-hybridized carbons (Fsp3) is 0.400. The number of fused-ring (bicyclic) bond motifs is 2. The fourth-order valence-electron chi connectivity index (χ4n) is 4.14. The van der Waals surface area contributed by atoms with Crippen molar-refractivity contribution in [3.63, 3.8) is 0 Å². The monoisotopic (exact) mass is 277 g/mol. The second-order valence-corrected chi connectivity index (χ2v) is 6.70. The van der Waals surface area contributed by atoms with Gasteiger partial charge in [0.1, 0.15) is 0 Å². The summed E-state index contributed by atoms with van der Waals surface area (Å²) in [5.41, 5.74) is 6.16. The van der Waals surface area contributed by atoms with E-state index in [-0.39, 0.29) is 0 Å². The van der Waals surface area contributed by atoms with E-state index in [1.54, 1.807) is 5.56 Å². The van der Waals surface area contributed by atoms with Gasteiger partial charge in [0.2, 0.25) is 0 Å². The third-order valence-corrected chi connectivity index (χ3v) is 5.28. The van der Waals surface area contributed by atoms with Gasteiger partial charge in [0.15, 0.2) is 0 Å². The third-order valence-electron chi connectivity index (χ3n) is 5.28. The van der Waals surface area contributed by atoms with Gasteiger partial charge in [-0.3, -0.25) is 0 Å². The van der Waals surface area contributed by atoms with E-state index < -0.39 is 0 Å². The first-order chi connectivity index (χ1) is 10.3. The number of nitrogens with one attached hydrogen (secondary N) is 1. The summed E-state index contributed by atoms with van der Waals surface area (Å²) in [6.45, 7) is 2.36. The number of benzene rings is 2. The van der Waals surface area contributed by atoms with Gasteiger partial charge < -0.3 is 5.32 Å². The molecule has 0 heterocycles. The molecular weight excluding hydrogens is 254 g/mol. The van der Waals surface area contributed by atoms with Gasteiger partial charge in [-0.15, -0.1) is 0 Å². The van der Waals surface area contributed by atoms with Crippen molar-refractivity contribution < 1.29 is 0 Å². The van der Waals surface area contributed by atoms with Crippen molar-refractivity contribution in [3.8, 4) is 0 Å². The molecule has 2 aliphatic carbocycles. The Morgan fingerprint density at radius 3 is 2.14 bits per heavy atom. The number of hydrogen-bond acceptors (Lipinski definition) is 1. The molecule has 21 heavy (non-hydrogen) atoms. The van der Waals surface area contributed by atoms with Crippen LogP contribution in [0.25, 0.3) is 0 Å². The summed E-state index contributed by atoms with van der Waals surface area (Å²) in [5.74, 6) is 0.708. The maximum Gasteiger partial charge on any atom is 0.0325 e. The molecule has 2 aromatic carbocycles. The summed E-state index contributed by atoms with van der Waals surface area (Å²) < 4.78 is 0. The van der Waals surface area contributed by atoms with Gasteiger partial charge in [0, 0.05) is 12.1 Å². The Labute approximate surface area is 127 Å². The zero-order chi connectivity index (χ0) is 14.2. The van der Waals surface area contributed by atoms with E-state index >= 15 is 0 Å². The van der Waals surface area contributed by atoms with E-state index in [0.717, 1.165) is 0 Å². The van der Waals surface area contributed by atoms with E-state index in [9.17, 15) is 0 Å². The highest BCUT2D eigenvalue weighted by molar-refractivity contribution is 5.36. The highest BCUT2D eigenvalue weighted by Crippen LogP contribution is 2.38. The highest BCUT2D eigenvalue weighted by atomic mass is 15.0. The Hall–Kier alpha value is -1.60. The van der Waals surface area contributed by atoms with Gasteiger partial charge in [-0.05, 0) is 53.9 Å². The van der Waals surface area contributed by atoms with Gasteiger partial charge >= 0.3 is 0 Å². The molecule has 2 aromatic rings. The first-order valence-electron chi connectivity index (χ1n) is 8.23. The molecule has 0 bridgehead atoms. The average molecular weight is 277 g/mol. The molecule has 0 saturated carbocycles. The van der Waals surface area contributed by atoms with Crippen molar-refractivity contribution in [1.29, 1.82) is 0 Å². The van der Waals surface area contributed by atoms with Gasteiger partial charge in [0.25, 0.3) is 0 Å². The first kappa shape index (κ1) is 13.1. The summed E-state index contributed by atoms with van der Waals surface area (Å²) in [4.78, 5) is 0. The minimum Gasteiger partial charge on any atom is -0.306 e. The highest BCUT2D eigenvalue weighted by Gasteiger charge is 2.28. The summed E-state index contributed by atoms with van der Waals surface area (Å²) >= 11 is 0. The largest absolute Gasteiger partial charge is 0.306 e. The molecule has 1 heteroatoms. The summed E-state index contributed by atoms with van der Waals surface area (Å²) in [5, 5.41) is 3.94. The Balaban J connectivity index is 1.53. The molecule has 0 radical (unpaired) electrons. The van der Waals surface area contributed by atoms with E-state index in [0.29, 0.717) is 18.0 Å². The molecule has 2 unspecified atom stereocenters. The smallest absolute Gasteiger partial charge is 0.0325 e. The van der Waals surface area contributed by atoms with Crippen LogP contribution >= 0.6 is 0 Å². The van der Waals surface area contributed by atoms with Gasteiger partial charge in [-0.2, -0.15) is 0 Å². The minimum atomic E-state index is 0.539. The maximum atomic E-state index is 3.94. The van der Waals surface area contributed by atoms with Crippen molar-refractivity contribution in [3.05, 3.63) is 70.8 Å². The Morgan fingerprint density at radius 2 is 1.43 bits per heavy atom. The van der Waals surface area contributed by atoms with Crippen LogP contribution in [-0.2, 0) is 12.8 Å². The van der Waals surface area contributed by atoms with Crippen LogP contribution in [0, 0.1) is 0 Å². The van der Waals surface area contributed by atoms with Crippen LogP contribution in [0.5, 0.6) is 0 Å². The van der Waals surface area contributed by atoms with Crippen LogP contribution < -0.4 is 5.32 Å². The van der Waals surface area contributed by atoms with Crippen LogP contribution in [-0.4, -0.2) is 6.04 Å². The lowest BCUT2D eigenvalue weighted by Crippen LogP contribution is -2.35. The molecule has 0 amide bonds. The zero-order valence-corrected chi connectivity index (χ0v) is 12.7. The van der Waals surface area contributed by atoms with Crippen molar-refractivity contribution in [2.45, 2.75) is 50.6 Å². The molecule has 4 rings (SSSR count). The Kier molecular flexibility index (Phi) is 3.31. The van der Waals surface area contributed by atoms with Crippen LogP contribution in [0.15, 0.2) is 48.5 Å². The molecule has 1 N–H and O–H groups in total. The van der Waals surface area contributed by atoms with Crippen molar-refractivity contribution in [2.24, 2.45) is 0 Å². The summed E-state index contributed by atoms with van der Waals surface area (Å²) in [6.07, 6.45) is 4.94. The van der Waals surface area contributed by atoms with E-state index in [2.05, 4.69) is 60.8 Å². The van der Waals surface area contributed by atoms with E-state index in [4.69, 9.17) is 0 Å². The third kappa shape index (κ3) is 2.40. The topological polar surface area (TPSA) is 12.0 Å². The molecule has 0 aromatic heterocycles. The number of rotatable bonds is 2. The lowest BCUT2D eigenvalue weighted by molar-refractivity contribution is 0.384. The van der Waals surface area contributed by atoms with Crippen molar-refractivity contribution in [1.82, 2.24) is 5.32 Å². The summed E-state index contributed by atoms with van der Waals surface area (Å²) in [7, 11) is 0. The molecule has 0 aliphatic heterocycles. The summed E-state index contributed by atoms with van der Waals surface area (Å²) in [6, 6.07) is 19.1. The predicted molar refractivity (Wildman–Crippen MR) is 87.6 cm³/mol. The lowest BCUT2D eigenvalue weighted by atomic mass is 9.81. The first-order valence-corrected chi connectivity index (χ1v) is 8.23. The molecule has 2 aliphatic rings. The SMILES string of the molecule is CC1CCC(NC2Cc3ccccc3C2)c2ccccc21. The molecule has 108 valence electrons. The van der Waals surface area contributed by atoms with Crippen molar-refractivity contribution in [2.75, 3.05) is 0 Å². The quantitative estimate of drug-likeness (QED) is 0.859.